The molecule has 1 amide bonds. The lowest BCUT2D eigenvalue weighted by molar-refractivity contribution is -0.384. The van der Waals surface area contributed by atoms with Gasteiger partial charge in [-0.2, -0.15) is 0 Å². The molecule has 2 heterocycles. The van der Waals surface area contributed by atoms with Gasteiger partial charge in [-0.1, -0.05) is 34.5 Å². The molecule has 8 heteroatoms. The molecule has 1 aliphatic heterocycles. The van der Waals surface area contributed by atoms with Crippen molar-refractivity contribution in [3.05, 3.63) is 66.8 Å². The molecule has 0 bridgehead atoms. The van der Waals surface area contributed by atoms with Gasteiger partial charge in [0.15, 0.2) is 0 Å². The van der Waals surface area contributed by atoms with Gasteiger partial charge >= 0.3 is 0 Å². The van der Waals surface area contributed by atoms with Gasteiger partial charge in [0, 0.05) is 52.0 Å². The number of halogens is 1. The lowest BCUT2D eigenvalue weighted by Crippen LogP contribution is -2.46. The highest BCUT2D eigenvalue weighted by Gasteiger charge is 2.28. The zero-order chi connectivity index (χ0) is 24.1. The van der Waals surface area contributed by atoms with Crippen molar-refractivity contribution >= 4 is 44.9 Å². The van der Waals surface area contributed by atoms with Crippen molar-refractivity contribution in [2.45, 2.75) is 53.0 Å². The molecular weight excluding hydrogens is 484 g/mol. The quantitative estimate of drug-likeness (QED) is 0.441. The standard InChI is InChI=1S/C25H31BrN4O3/c1-5-16(3)12-21(20-9-10-27-22(20)6-2)25(31)29-11-7-8-19(15-29)28-24-17(4)13-18(26)14-23(24)30(32)33/h6,9-10,12-14,19,27-28H,5,7-8,11,15H2,1-4H3/b16-12+,21-20+,22-6+. The largest absolute Gasteiger partial charge is 0.375 e. The van der Waals surface area contributed by atoms with Crippen LogP contribution in [0.5, 0.6) is 0 Å². The molecule has 2 N–H and O–H groups in total. The molecule has 7 nitrogen and oxygen atoms in total. The smallest absolute Gasteiger partial charge is 0.293 e. The van der Waals surface area contributed by atoms with Gasteiger partial charge in [0.1, 0.15) is 5.69 Å². The fraction of sp³-hybridized carbons (Fsp3) is 0.400. The molecule has 0 radical (unpaired) electrons. The molecule has 33 heavy (non-hydrogen) atoms. The van der Waals surface area contributed by atoms with E-state index in [1.54, 1.807) is 0 Å². The first-order valence-corrected chi connectivity index (χ1v) is 12.1. The van der Waals surface area contributed by atoms with Gasteiger partial charge in [0.25, 0.3) is 11.6 Å². The van der Waals surface area contributed by atoms with Crippen molar-refractivity contribution in [2.24, 2.45) is 0 Å². The van der Waals surface area contributed by atoms with E-state index < -0.39 is 0 Å². The van der Waals surface area contributed by atoms with E-state index in [4.69, 9.17) is 0 Å². The van der Waals surface area contributed by atoms with Crippen LogP contribution in [0.4, 0.5) is 11.4 Å². The van der Waals surface area contributed by atoms with Crippen molar-refractivity contribution < 1.29 is 9.72 Å². The Labute approximate surface area is 202 Å². The highest BCUT2D eigenvalue weighted by Crippen LogP contribution is 2.33. The minimum absolute atomic E-state index is 0.0148. The second kappa shape index (κ2) is 10.8. The number of nitrogens with one attached hydrogen (secondary N) is 2. The number of allylic oxidation sites excluding steroid dienone is 1. The maximum Gasteiger partial charge on any atom is 0.293 e. The molecule has 0 saturated carbocycles. The van der Waals surface area contributed by atoms with Crippen LogP contribution < -0.4 is 15.9 Å². The third kappa shape index (κ3) is 5.74. The number of anilines is 1. The summed E-state index contributed by atoms with van der Waals surface area (Å²) in [6, 6.07) is 5.25. The van der Waals surface area contributed by atoms with Crippen molar-refractivity contribution in [3.8, 4) is 0 Å². The molecular formula is C25H31BrN4O3. The number of nitro benzene ring substituents is 1. The number of amides is 1. The highest BCUT2D eigenvalue weighted by molar-refractivity contribution is 9.10. The van der Waals surface area contributed by atoms with E-state index in [-0.39, 0.29) is 22.6 Å². The molecule has 1 saturated heterocycles. The number of hydrogen-bond acceptors (Lipinski definition) is 4. The SMILES string of the molecule is C/C=c1/[nH]cc/c1=C(/C=C(\C)CC)C(=O)N1CCCC(Nc2c(C)cc(Br)cc2[N+](=O)[O-])C1. The first kappa shape index (κ1) is 24.8. The van der Waals surface area contributed by atoms with Gasteiger partial charge in [-0.05, 0) is 63.8 Å². The number of nitrogens with zero attached hydrogens (tertiary/aromatic N) is 2. The van der Waals surface area contributed by atoms with Crippen LogP contribution in [0.1, 0.15) is 45.6 Å². The number of hydrogen-bond donors (Lipinski definition) is 2. The molecule has 176 valence electrons. The lowest BCUT2D eigenvalue weighted by atomic mass is 10.0. The first-order chi connectivity index (χ1) is 15.7. The molecule has 1 fully saturated rings. The van der Waals surface area contributed by atoms with Gasteiger partial charge in [-0.25, -0.2) is 0 Å². The summed E-state index contributed by atoms with van der Waals surface area (Å²) >= 11 is 3.34. The van der Waals surface area contributed by atoms with E-state index in [1.807, 2.05) is 56.2 Å². The lowest BCUT2D eigenvalue weighted by Gasteiger charge is -2.34. The van der Waals surface area contributed by atoms with Crippen LogP contribution in [-0.4, -0.2) is 39.8 Å². The van der Waals surface area contributed by atoms with E-state index in [9.17, 15) is 14.9 Å². The van der Waals surface area contributed by atoms with E-state index in [2.05, 4.69) is 33.2 Å². The number of piperidine rings is 1. The summed E-state index contributed by atoms with van der Waals surface area (Å²) in [5.74, 6) is -0.0148. The Kier molecular flexibility index (Phi) is 8.13. The van der Waals surface area contributed by atoms with Crippen molar-refractivity contribution in [3.63, 3.8) is 0 Å². The number of aromatic amines is 1. The Morgan fingerprint density at radius 2 is 2.18 bits per heavy atom. The Bertz CT molecular complexity index is 1200. The van der Waals surface area contributed by atoms with E-state index >= 15 is 0 Å². The average Bonchev–Trinajstić information content (AvgIpc) is 3.27. The molecule has 1 atom stereocenters. The number of nitro groups is 1. The summed E-state index contributed by atoms with van der Waals surface area (Å²) < 4.78 is 0.671. The van der Waals surface area contributed by atoms with Gasteiger partial charge in [0.05, 0.1) is 4.92 Å². The Hall–Kier alpha value is -2.87. The minimum atomic E-state index is -0.370. The first-order valence-electron chi connectivity index (χ1n) is 11.3. The number of aromatic nitrogens is 1. The molecule has 0 spiro atoms. The predicted octanol–water partition coefficient (Wildman–Crippen LogP) is 4.40. The maximum absolute atomic E-state index is 13.7. The number of carbonyl (C=O) groups excluding carboxylic acids is 1. The number of benzene rings is 1. The van der Waals surface area contributed by atoms with Crippen molar-refractivity contribution in [2.75, 3.05) is 18.4 Å². The Morgan fingerprint density at radius 3 is 2.85 bits per heavy atom. The second-order valence-corrected chi connectivity index (χ2v) is 9.38. The fourth-order valence-corrected chi connectivity index (χ4v) is 4.73. The molecule has 1 aromatic carbocycles. The monoisotopic (exact) mass is 514 g/mol. The normalized spacial score (nSPS) is 18.3. The van der Waals surface area contributed by atoms with Crippen LogP contribution in [0.3, 0.4) is 0 Å². The summed E-state index contributed by atoms with van der Waals surface area (Å²) in [6.45, 7) is 9.06. The zero-order valence-corrected chi connectivity index (χ0v) is 21.2. The third-order valence-electron chi connectivity index (χ3n) is 6.07. The van der Waals surface area contributed by atoms with Crippen molar-refractivity contribution in [1.82, 2.24) is 9.88 Å². The van der Waals surface area contributed by atoms with Gasteiger partial charge < -0.3 is 15.2 Å². The maximum atomic E-state index is 13.7. The van der Waals surface area contributed by atoms with Gasteiger partial charge in [-0.15, -0.1) is 0 Å². The second-order valence-electron chi connectivity index (χ2n) is 8.46. The summed E-state index contributed by atoms with van der Waals surface area (Å²) in [6.07, 6.45) is 8.34. The number of H-pyrrole nitrogens is 1. The van der Waals surface area contributed by atoms with E-state index in [0.29, 0.717) is 28.8 Å². The minimum Gasteiger partial charge on any atom is -0.375 e. The van der Waals surface area contributed by atoms with Crippen LogP contribution in [-0.2, 0) is 4.79 Å². The van der Waals surface area contributed by atoms with Gasteiger partial charge in [0.2, 0.25) is 0 Å². The molecule has 1 unspecified atom stereocenters. The Balaban J connectivity index is 1.92. The summed E-state index contributed by atoms with van der Waals surface area (Å²) in [5, 5.41) is 16.8. The van der Waals surface area contributed by atoms with Gasteiger partial charge in [-0.3, -0.25) is 14.9 Å². The highest BCUT2D eigenvalue weighted by atomic mass is 79.9. The predicted molar refractivity (Wildman–Crippen MR) is 136 cm³/mol. The third-order valence-corrected chi connectivity index (χ3v) is 6.53. The van der Waals surface area contributed by atoms with Crippen LogP contribution >= 0.6 is 15.9 Å². The van der Waals surface area contributed by atoms with Crippen LogP contribution in [0.2, 0.25) is 0 Å². The number of carbonyl (C=O) groups is 1. The zero-order valence-electron chi connectivity index (χ0n) is 19.6. The molecule has 1 aromatic heterocycles. The number of aryl methyl sites for hydroxylation is 1. The average molecular weight is 515 g/mol. The molecule has 1 aliphatic rings. The Morgan fingerprint density at radius 1 is 1.42 bits per heavy atom. The number of rotatable bonds is 6. The van der Waals surface area contributed by atoms with Crippen LogP contribution in [0, 0.1) is 17.0 Å². The van der Waals surface area contributed by atoms with E-state index in [0.717, 1.165) is 41.0 Å². The summed E-state index contributed by atoms with van der Waals surface area (Å²) in [5.41, 5.74) is 3.16. The molecule has 2 aromatic rings. The van der Waals surface area contributed by atoms with Crippen molar-refractivity contribution in [1.29, 1.82) is 0 Å². The summed E-state index contributed by atoms with van der Waals surface area (Å²) in [7, 11) is 0. The van der Waals surface area contributed by atoms with Crippen LogP contribution in [0.25, 0.3) is 11.6 Å². The summed E-state index contributed by atoms with van der Waals surface area (Å²) in [4.78, 5) is 30.0. The number of likely N-dealkylation sites (tertiary alicyclic amines) is 1. The van der Waals surface area contributed by atoms with Crippen LogP contribution in [0.15, 0.2) is 40.5 Å². The fourth-order valence-electron chi connectivity index (χ4n) is 4.17. The van der Waals surface area contributed by atoms with E-state index in [1.165, 1.54) is 6.07 Å². The molecule has 0 aliphatic carbocycles. The molecule has 3 rings (SSSR count). The topological polar surface area (TPSA) is 91.3 Å².